The Balaban J connectivity index is 1.71. The van der Waals surface area contributed by atoms with Gasteiger partial charge in [-0.25, -0.2) is 8.42 Å². The van der Waals surface area contributed by atoms with E-state index in [-0.39, 0.29) is 16.7 Å². The molecule has 8 heteroatoms. The first-order valence-electron chi connectivity index (χ1n) is 7.72. The highest BCUT2D eigenvalue weighted by molar-refractivity contribution is 7.89. The van der Waals surface area contributed by atoms with Crippen molar-refractivity contribution in [2.24, 2.45) is 0 Å². The van der Waals surface area contributed by atoms with Crippen LogP contribution >= 0.6 is 0 Å². The Labute approximate surface area is 145 Å². The summed E-state index contributed by atoms with van der Waals surface area (Å²) in [5.74, 6) is -0.666. The summed E-state index contributed by atoms with van der Waals surface area (Å²) in [7, 11) is -3.82. The molecule has 0 bridgehead atoms. The predicted molar refractivity (Wildman–Crippen MR) is 92.6 cm³/mol. The minimum Gasteiger partial charge on any atom is -0.355 e. The summed E-state index contributed by atoms with van der Waals surface area (Å²) in [6.45, 7) is 0.449. The topological polar surface area (TPSA) is 104 Å². The number of sulfonamides is 1. The van der Waals surface area contributed by atoms with Crippen molar-refractivity contribution < 1.29 is 18.0 Å². The largest absolute Gasteiger partial charge is 0.355 e. The Bertz CT molecular complexity index is 880. The molecule has 0 aromatic heterocycles. The van der Waals surface area contributed by atoms with Crippen molar-refractivity contribution in [2.45, 2.75) is 17.4 Å². The second-order valence-electron chi connectivity index (χ2n) is 5.60. The summed E-state index contributed by atoms with van der Waals surface area (Å²) in [4.78, 5) is 23.7. The van der Waals surface area contributed by atoms with E-state index in [0.717, 1.165) is 0 Å². The van der Waals surface area contributed by atoms with E-state index in [1.807, 2.05) is 6.07 Å². The maximum absolute atomic E-state index is 12.3. The van der Waals surface area contributed by atoms with Gasteiger partial charge in [0.25, 0.3) is 5.91 Å². The lowest BCUT2D eigenvalue weighted by molar-refractivity contribution is -0.120. The lowest BCUT2D eigenvalue weighted by Crippen LogP contribution is -2.40. The van der Waals surface area contributed by atoms with Crippen molar-refractivity contribution in [1.82, 2.24) is 10.0 Å². The van der Waals surface area contributed by atoms with Crippen LogP contribution in [0.3, 0.4) is 0 Å². The normalized spacial score (nSPS) is 17.1. The van der Waals surface area contributed by atoms with Gasteiger partial charge < -0.3 is 10.6 Å². The first-order chi connectivity index (χ1) is 12.0. The minimum atomic E-state index is -3.82. The smallest absolute Gasteiger partial charge is 0.255 e. The van der Waals surface area contributed by atoms with Gasteiger partial charge in [-0.2, -0.15) is 4.72 Å². The van der Waals surface area contributed by atoms with Gasteiger partial charge >= 0.3 is 0 Å². The lowest BCUT2D eigenvalue weighted by Gasteiger charge is -2.11. The van der Waals surface area contributed by atoms with E-state index in [1.54, 1.807) is 24.3 Å². The zero-order valence-electron chi connectivity index (χ0n) is 13.2. The molecule has 130 valence electrons. The van der Waals surface area contributed by atoms with E-state index in [2.05, 4.69) is 15.4 Å². The van der Waals surface area contributed by atoms with Crippen molar-refractivity contribution in [3.05, 3.63) is 60.2 Å². The van der Waals surface area contributed by atoms with Crippen LogP contribution in [0.2, 0.25) is 0 Å². The standard InChI is InChI=1S/C17H17N3O4S/c21-16(19-13-4-2-1-3-5-13)12-6-8-14(9-7-12)25(23,24)20-15-10-11-18-17(15)22/h1-9,15,20H,10-11H2,(H,18,22)(H,19,21). The molecule has 1 saturated heterocycles. The molecule has 1 atom stereocenters. The summed E-state index contributed by atoms with van der Waals surface area (Å²) < 4.78 is 27.0. The predicted octanol–water partition coefficient (Wildman–Crippen LogP) is 1.11. The Kier molecular flexibility index (Phi) is 4.82. The van der Waals surface area contributed by atoms with Crippen LogP contribution in [0.25, 0.3) is 0 Å². The van der Waals surface area contributed by atoms with Crippen LogP contribution in [0.1, 0.15) is 16.8 Å². The van der Waals surface area contributed by atoms with E-state index in [9.17, 15) is 18.0 Å². The third-order valence-corrected chi connectivity index (χ3v) is 5.29. The van der Waals surface area contributed by atoms with Gasteiger partial charge in [0.2, 0.25) is 15.9 Å². The number of amides is 2. The molecule has 0 aliphatic carbocycles. The van der Waals surface area contributed by atoms with Crippen LogP contribution in [0.4, 0.5) is 5.69 Å². The fraction of sp³-hybridized carbons (Fsp3) is 0.176. The van der Waals surface area contributed by atoms with E-state index in [1.165, 1.54) is 24.3 Å². The van der Waals surface area contributed by atoms with Gasteiger partial charge in [0, 0.05) is 17.8 Å². The number of hydrogen-bond donors (Lipinski definition) is 3. The molecular weight excluding hydrogens is 342 g/mol. The van der Waals surface area contributed by atoms with Gasteiger partial charge in [0.1, 0.15) is 6.04 Å². The monoisotopic (exact) mass is 359 g/mol. The average Bonchev–Trinajstić information content (AvgIpc) is 3.00. The lowest BCUT2D eigenvalue weighted by atomic mass is 10.2. The van der Waals surface area contributed by atoms with Crippen LogP contribution in [-0.2, 0) is 14.8 Å². The van der Waals surface area contributed by atoms with E-state index in [4.69, 9.17) is 0 Å². The molecule has 7 nitrogen and oxygen atoms in total. The number of rotatable bonds is 5. The van der Waals surface area contributed by atoms with Crippen LogP contribution in [0, 0.1) is 0 Å². The number of nitrogens with one attached hydrogen (secondary N) is 3. The Morgan fingerprint density at radius 3 is 2.32 bits per heavy atom. The average molecular weight is 359 g/mol. The van der Waals surface area contributed by atoms with Crippen molar-refractivity contribution in [2.75, 3.05) is 11.9 Å². The maximum atomic E-state index is 12.3. The van der Waals surface area contributed by atoms with Gasteiger partial charge in [-0.05, 0) is 42.8 Å². The molecular formula is C17H17N3O4S. The van der Waals surface area contributed by atoms with Crippen LogP contribution in [0.5, 0.6) is 0 Å². The SMILES string of the molecule is O=C(Nc1ccccc1)c1ccc(S(=O)(=O)NC2CCNC2=O)cc1. The van der Waals surface area contributed by atoms with Crippen molar-refractivity contribution in [1.29, 1.82) is 0 Å². The molecule has 2 aromatic rings. The number of carbonyl (C=O) groups excluding carboxylic acids is 2. The van der Waals surface area contributed by atoms with Crippen LogP contribution in [-0.4, -0.2) is 32.8 Å². The zero-order chi connectivity index (χ0) is 17.9. The Hall–Kier alpha value is -2.71. The third-order valence-electron chi connectivity index (χ3n) is 3.80. The second-order valence-corrected chi connectivity index (χ2v) is 7.31. The number of hydrogen-bond acceptors (Lipinski definition) is 4. The third kappa shape index (κ3) is 4.04. The quantitative estimate of drug-likeness (QED) is 0.744. The maximum Gasteiger partial charge on any atom is 0.255 e. The molecule has 1 heterocycles. The molecule has 3 rings (SSSR count). The first kappa shape index (κ1) is 17.1. The van der Waals surface area contributed by atoms with Gasteiger partial charge in [-0.3, -0.25) is 9.59 Å². The van der Waals surface area contributed by atoms with Crippen LogP contribution < -0.4 is 15.4 Å². The molecule has 1 fully saturated rings. The van der Waals surface area contributed by atoms with Crippen molar-refractivity contribution >= 4 is 27.5 Å². The molecule has 1 aliphatic heterocycles. The molecule has 1 aliphatic rings. The summed E-state index contributed by atoms with van der Waals surface area (Å²) >= 11 is 0. The fourth-order valence-electron chi connectivity index (χ4n) is 2.47. The Morgan fingerprint density at radius 1 is 1.04 bits per heavy atom. The molecule has 2 amide bonds. The molecule has 3 N–H and O–H groups in total. The highest BCUT2D eigenvalue weighted by Crippen LogP contribution is 2.14. The highest BCUT2D eigenvalue weighted by atomic mass is 32.2. The number of para-hydroxylation sites is 1. The van der Waals surface area contributed by atoms with Crippen LogP contribution in [0.15, 0.2) is 59.5 Å². The van der Waals surface area contributed by atoms with Crippen molar-refractivity contribution in [3.8, 4) is 0 Å². The highest BCUT2D eigenvalue weighted by Gasteiger charge is 2.29. The van der Waals surface area contributed by atoms with E-state index >= 15 is 0 Å². The summed E-state index contributed by atoms with van der Waals surface area (Å²) in [6.07, 6.45) is 0.412. The molecule has 0 radical (unpaired) electrons. The first-order valence-corrected chi connectivity index (χ1v) is 9.20. The molecule has 0 spiro atoms. The molecule has 1 unspecified atom stereocenters. The van der Waals surface area contributed by atoms with Gasteiger partial charge in [0.15, 0.2) is 0 Å². The minimum absolute atomic E-state index is 0.00320. The second kappa shape index (κ2) is 7.04. The summed E-state index contributed by atoms with van der Waals surface area (Å²) in [6, 6.07) is 13.7. The summed E-state index contributed by atoms with van der Waals surface area (Å²) in [5, 5.41) is 5.30. The molecule has 25 heavy (non-hydrogen) atoms. The Morgan fingerprint density at radius 2 is 1.72 bits per heavy atom. The van der Waals surface area contributed by atoms with E-state index < -0.39 is 16.1 Å². The number of anilines is 1. The van der Waals surface area contributed by atoms with Gasteiger partial charge in [-0.1, -0.05) is 18.2 Å². The van der Waals surface area contributed by atoms with Gasteiger partial charge in [0.05, 0.1) is 4.90 Å². The zero-order valence-corrected chi connectivity index (χ0v) is 14.0. The van der Waals surface area contributed by atoms with Crippen molar-refractivity contribution in [3.63, 3.8) is 0 Å². The number of carbonyl (C=O) groups is 2. The molecule has 0 saturated carbocycles. The molecule has 2 aromatic carbocycles. The fourth-order valence-corrected chi connectivity index (χ4v) is 3.70. The van der Waals surface area contributed by atoms with E-state index in [0.29, 0.717) is 24.2 Å². The summed E-state index contributed by atoms with van der Waals surface area (Å²) in [5.41, 5.74) is 0.986. The van der Waals surface area contributed by atoms with Gasteiger partial charge in [-0.15, -0.1) is 0 Å². The number of benzene rings is 2.